The maximum absolute atomic E-state index is 13.5. The molecule has 1 heterocycles. The van der Waals surface area contributed by atoms with E-state index in [0.717, 1.165) is 16.3 Å². The molecule has 0 aliphatic rings. The predicted octanol–water partition coefficient (Wildman–Crippen LogP) is 4.92. The zero-order chi connectivity index (χ0) is 25.0. The molecule has 1 aromatic heterocycles. The summed E-state index contributed by atoms with van der Waals surface area (Å²) in [6, 6.07) is 20.9. The molecule has 0 spiro atoms. The number of fused-ring (bicyclic) bond motifs is 1. The number of nitrogens with two attached hydrogens (primary N) is 1. The van der Waals surface area contributed by atoms with Crippen molar-refractivity contribution in [2.75, 3.05) is 11.9 Å². The molecule has 0 saturated heterocycles. The summed E-state index contributed by atoms with van der Waals surface area (Å²) in [7, 11) is 0. The van der Waals surface area contributed by atoms with Crippen LogP contribution >= 0.6 is 0 Å². The molecule has 0 saturated carbocycles. The first kappa shape index (κ1) is 24.2. The van der Waals surface area contributed by atoms with Crippen LogP contribution in [0.5, 0.6) is 0 Å². The smallest absolute Gasteiger partial charge is 0.451 e. The van der Waals surface area contributed by atoms with Gasteiger partial charge in [-0.1, -0.05) is 66.7 Å². The molecule has 1 atom stereocenters. The Kier molecular flexibility index (Phi) is 6.97. The summed E-state index contributed by atoms with van der Waals surface area (Å²) in [6.45, 7) is 0.387. The van der Waals surface area contributed by atoms with Crippen LogP contribution in [0.1, 0.15) is 17.0 Å². The number of aliphatic carboxylic acids is 1. The van der Waals surface area contributed by atoms with Crippen molar-refractivity contribution in [3.8, 4) is 11.3 Å². The molecule has 0 fully saturated rings. The predicted molar refractivity (Wildman–Crippen MR) is 128 cm³/mol. The minimum absolute atomic E-state index is 0.0695. The van der Waals surface area contributed by atoms with Gasteiger partial charge < -0.3 is 16.2 Å². The third kappa shape index (κ3) is 6.13. The van der Waals surface area contributed by atoms with Crippen molar-refractivity contribution < 1.29 is 23.1 Å². The molecular formula is C26H23F3N4O2. The van der Waals surface area contributed by atoms with Gasteiger partial charge in [-0.3, -0.25) is 4.79 Å². The van der Waals surface area contributed by atoms with E-state index in [4.69, 9.17) is 10.8 Å². The second-order valence-corrected chi connectivity index (χ2v) is 8.16. The fourth-order valence-corrected chi connectivity index (χ4v) is 3.69. The maximum atomic E-state index is 13.5. The van der Waals surface area contributed by atoms with E-state index in [-0.39, 0.29) is 17.9 Å². The van der Waals surface area contributed by atoms with Gasteiger partial charge in [0, 0.05) is 18.2 Å². The Morgan fingerprint density at radius 3 is 2.31 bits per heavy atom. The lowest BCUT2D eigenvalue weighted by Crippen LogP contribution is -2.32. The lowest BCUT2D eigenvalue weighted by Gasteiger charge is -2.13. The molecule has 6 nitrogen and oxygen atoms in total. The molecule has 180 valence electrons. The van der Waals surface area contributed by atoms with Crippen molar-refractivity contribution in [3.63, 3.8) is 0 Å². The highest BCUT2D eigenvalue weighted by atomic mass is 19.4. The van der Waals surface area contributed by atoms with Gasteiger partial charge in [-0.2, -0.15) is 13.2 Å². The Bertz CT molecular complexity index is 1340. The third-order valence-corrected chi connectivity index (χ3v) is 5.54. The summed E-state index contributed by atoms with van der Waals surface area (Å²) in [5, 5.41) is 14.1. The zero-order valence-corrected chi connectivity index (χ0v) is 18.6. The van der Waals surface area contributed by atoms with Crippen molar-refractivity contribution in [1.29, 1.82) is 0 Å². The molecule has 9 heteroatoms. The number of hydrogen-bond acceptors (Lipinski definition) is 5. The van der Waals surface area contributed by atoms with Crippen LogP contribution in [0.3, 0.4) is 0 Å². The molecule has 0 bridgehead atoms. The van der Waals surface area contributed by atoms with Crippen molar-refractivity contribution in [1.82, 2.24) is 9.97 Å². The molecule has 3 aromatic carbocycles. The van der Waals surface area contributed by atoms with Gasteiger partial charge in [0.05, 0.1) is 5.69 Å². The molecule has 0 radical (unpaired) electrons. The molecule has 0 aliphatic carbocycles. The second-order valence-electron chi connectivity index (χ2n) is 8.16. The van der Waals surface area contributed by atoms with Gasteiger partial charge in [-0.05, 0) is 34.7 Å². The highest BCUT2D eigenvalue weighted by molar-refractivity contribution is 5.83. The summed E-state index contributed by atoms with van der Waals surface area (Å²) in [5.41, 5.74) is 7.81. The van der Waals surface area contributed by atoms with E-state index >= 15 is 0 Å². The van der Waals surface area contributed by atoms with Crippen LogP contribution in [0, 0.1) is 0 Å². The number of halogens is 3. The highest BCUT2D eigenvalue weighted by Crippen LogP contribution is 2.30. The lowest BCUT2D eigenvalue weighted by atomic mass is 10.0. The number of carboxylic acid groups (broad SMARTS) is 1. The molecule has 0 aliphatic heterocycles. The number of alkyl halides is 3. The van der Waals surface area contributed by atoms with E-state index < -0.39 is 24.0 Å². The number of aromatic nitrogens is 2. The minimum atomic E-state index is -4.71. The fourth-order valence-electron chi connectivity index (χ4n) is 3.69. The Morgan fingerprint density at radius 1 is 0.943 bits per heavy atom. The van der Waals surface area contributed by atoms with E-state index in [2.05, 4.69) is 21.4 Å². The molecule has 35 heavy (non-hydrogen) atoms. The third-order valence-electron chi connectivity index (χ3n) is 5.54. The van der Waals surface area contributed by atoms with Crippen LogP contribution < -0.4 is 11.1 Å². The number of carboxylic acids is 1. The van der Waals surface area contributed by atoms with Gasteiger partial charge >= 0.3 is 12.1 Å². The van der Waals surface area contributed by atoms with Crippen molar-refractivity contribution >= 4 is 22.6 Å². The average Bonchev–Trinajstić information content (AvgIpc) is 2.83. The van der Waals surface area contributed by atoms with Crippen molar-refractivity contribution in [3.05, 3.63) is 89.7 Å². The minimum Gasteiger partial charge on any atom is -0.480 e. The van der Waals surface area contributed by atoms with E-state index in [1.807, 2.05) is 36.4 Å². The molecule has 4 rings (SSSR count). The Hall–Kier alpha value is -3.98. The summed E-state index contributed by atoms with van der Waals surface area (Å²) in [6.07, 6.45) is -4.00. The first-order chi connectivity index (χ1) is 16.7. The lowest BCUT2D eigenvalue weighted by molar-refractivity contribution is -0.144. The molecule has 4 aromatic rings. The number of rotatable bonds is 8. The summed E-state index contributed by atoms with van der Waals surface area (Å²) >= 11 is 0. The van der Waals surface area contributed by atoms with Crippen molar-refractivity contribution in [2.45, 2.75) is 25.1 Å². The van der Waals surface area contributed by atoms with Gasteiger partial charge in [0.15, 0.2) is 0 Å². The second kappa shape index (κ2) is 10.1. The summed E-state index contributed by atoms with van der Waals surface area (Å²) in [5.74, 6) is -2.29. The average molecular weight is 480 g/mol. The number of carbonyl (C=O) groups is 1. The number of benzene rings is 3. The summed E-state index contributed by atoms with van der Waals surface area (Å²) in [4.78, 5) is 18.3. The fraction of sp³-hybridized carbons (Fsp3) is 0.192. The SMILES string of the molecule is NC(Cc1ccc(-c2cc(NCCc3ccc4ccccc4c3)nc(C(F)(F)F)n2)cc1)C(=O)O. The van der Waals surface area contributed by atoms with Gasteiger partial charge in [0.2, 0.25) is 5.82 Å². The molecule has 0 amide bonds. The van der Waals surface area contributed by atoms with Crippen LogP contribution in [0.25, 0.3) is 22.0 Å². The topological polar surface area (TPSA) is 101 Å². The van der Waals surface area contributed by atoms with Gasteiger partial charge in [0.1, 0.15) is 11.9 Å². The van der Waals surface area contributed by atoms with Gasteiger partial charge in [-0.15, -0.1) is 0 Å². The number of nitrogens with zero attached hydrogens (tertiary/aromatic N) is 2. The zero-order valence-electron chi connectivity index (χ0n) is 18.6. The van der Waals surface area contributed by atoms with Crippen LogP contribution in [0.4, 0.5) is 19.0 Å². The van der Waals surface area contributed by atoms with E-state index in [0.29, 0.717) is 24.1 Å². The summed E-state index contributed by atoms with van der Waals surface area (Å²) < 4.78 is 40.4. The normalized spacial score (nSPS) is 12.5. The van der Waals surface area contributed by atoms with E-state index in [1.165, 1.54) is 6.07 Å². The molecule has 4 N–H and O–H groups in total. The Labute approximate surface area is 199 Å². The largest absolute Gasteiger partial charge is 0.480 e. The Balaban J connectivity index is 1.52. The van der Waals surface area contributed by atoms with E-state index in [9.17, 15) is 18.0 Å². The number of nitrogens with one attached hydrogen (secondary N) is 1. The first-order valence-corrected chi connectivity index (χ1v) is 10.9. The van der Waals surface area contributed by atoms with Crippen LogP contribution in [-0.2, 0) is 23.8 Å². The van der Waals surface area contributed by atoms with Crippen molar-refractivity contribution in [2.24, 2.45) is 5.73 Å². The standard InChI is InChI=1S/C26H23F3N4O2/c27-26(28,29)25-32-22(19-9-6-16(7-10-19)14-21(30)24(34)35)15-23(33-25)31-12-11-17-5-8-18-3-1-2-4-20(18)13-17/h1-10,13,15,21H,11-12,14,30H2,(H,34,35)(H,31,32,33). The van der Waals surface area contributed by atoms with Crippen LogP contribution in [0.2, 0.25) is 0 Å². The maximum Gasteiger partial charge on any atom is 0.451 e. The highest BCUT2D eigenvalue weighted by Gasteiger charge is 2.35. The van der Waals surface area contributed by atoms with Crippen LogP contribution in [0.15, 0.2) is 72.8 Å². The Morgan fingerprint density at radius 2 is 1.63 bits per heavy atom. The van der Waals surface area contributed by atoms with Crippen LogP contribution in [-0.4, -0.2) is 33.6 Å². The first-order valence-electron chi connectivity index (χ1n) is 10.9. The molecule has 1 unspecified atom stereocenters. The quantitative estimate of drug-likeness (QED) is 0.331. The number of hydrogen-bond donors (Lipinski definition) is 3. The monoisotopic (exact) mass is 480 g/mol. The van der Waals surface area contributed by atoms with E-state index in [1.54, 1.807) is 24.3 Å². The van der Waals surface area contributed by atoms with Gasteiger partial charge in [0.25, 0.3) is 0 Å². The molecular weight excluding hydrogens is 457 g/mol. The number of anilines is 1. The van der Waals surface area contributed by atoms with Gasteiger partial charge in [-0.25, -0.2) is 9.97 Å².